The molecule has 0 atom stereocenters. The van der Waals surface area contributed by atoms with Gasteiger partial charge in [0.05, 0.1) is 12.4 Å². The summed E-state index contributed by atoms with van der Waals surface area (Å²) in [6, 6.07) is 11.4. The van der Waals surface area contributed by atoms with Gasteiger partial charge in [-0.3, -0.25) is 4.98 Å². The lowest BCUT2D eigenvalue weighted by Gasteiger charge is -2.19. The molecular weight excluding hydrogens is 344 g/mol. The van der Waals surface area contributed by atoms with E-state index in [0.717, 1.165) is 5.69 Å². The molecule has 2 aromatic heterocycles. The average Bonchev–Trinajstić information content (AvgIpc) is 2.95. The highest BCUT2D eigenvalue weighted by Gasteiger charge is 2.20. The number of carbonyl (C=O) groups excluding carboxylic acids is 1. The second kappa shape index (κ2) is 7.45. The van der Waals surface area contributed by atoms with Crippen molar-refractivity contribution in [1.29, 1.82) is 0 Å². The first-order chi connectivity index (χ1) is 12.8. The largest absolute Gasteiger partial charge is 0.442 e. The van der Waals surface area contributed by atoms with Crippen molar-refractivity contribution in [2.75, 3.05) is 10.6 Å². The van der Waals surface area contributed by atoms with Gasteiger partial charge in [0.15, 0.2) is 17.5 Å². The Morgan fingerprint density at radius 2 is 1.70 bits per heavy atom. The van der Waals surface area contributed by atoms with E-state index < -0.39 is 11.7 Å². The van der Waals surface area contributed by atoms with Gasteiger partial charge in [-0.25, -0.2) is 9.78 Å². The summed E-state index contributed by atoms with van der Waals surface area (Å²) in [6.07, 6.45) is 2.68. The van der Waals surface area contributed by atoms with E-state index in [2.05, 4.69) is 25.7 Å². The fourth-order valence-electron chi connectivity index (χ4n) is 2.31. The number of carbonyl (C=O) groups is 1. The van der Waals surface area contributed by atoms with E-state index >= 15 is 0 Å². The molecule has 1 aromatic carbocycles. The molecule has 2 N–H and O–H groups in total. The molecule has 0 amide bonds. The van der Waals surface area contributed by atoms with Crippen LogP contribution in [0.4, 0.5) is 27.9 Å². The SMILES string of the molecule is Cc1cc(Nc2cncc(Nc3ccccc3)n2)nn1C(=O)OC(C)(C)C. The third-order valence-electron chi connectivity index (χ3n) is 3.39. The van der Waals surface area contributed by atoms with Crippen LogP contribution in [0.3, 0.4) is 0 Å². The first kappa shape index (κ1) is 18.4. The van der Waals surface area contributed by atoms with Gasteiger partial charge in [0, 0.05) is 17.4 Å². The zero-order valence-electron chi connectivity index (χ0n) is 15.7. The van der Waals surface area contributed by atoms with Gasteiger partial charge in [0.25, 0.3) is 0 Å². The van der Waals surface area contributed by atoms with E-state index in [-0.39, 0.29) is 0 Å². The van der Waals surface area contributed by atoms with Gasteiger partial charge in [-0.1, -0.05) is 18.2 Å². The predicted molar refractivity (Wildman–Crippen MR) is 104 cm³/mol. The molecule has 0 aliphatic carbocycles. The van der Waals surface area contributed by atoms with Gasteiger partial charge in [-0.2, -0.15) is 4.68 Å². The quantitative estimate of drug-likeness (QED) is 0.713. The Morgan fingerprint density at radius 1 is 1.04 bits per heavy atom. The van der Waals surface area contributed by atoms with Crippen LogP contribution in [0.15, 0.2) is 48.8 Å². The Balaban J connectivity index is 1.73. The monoisotopic (exact) mass is 366 g/mol. The maximum Gasteiger partial charge on any atom is 0.435 e. The van der Waals surface area contributed by atoms with Crippen molar-refractivity contribution in [3.05, 3.63) is 54.5 Å². The van der Waals surface area contributed by atoms with Gasteiger partial charge in [-0.05, 0) is 39.8 Å². The minimum atomic E-state index is -0.591. The van der Waals surface area contributed by atoms with Crippen LogP contribution < -0.4 is 10.6 Å². The summed E-state index contributed by atoms with van der Waals surface area (Å²) in [5, 5.41) is 10.5. The molecule has 0 aliphatic rings. The number of benzene rings is 1. The van der Waals surface area contributed by atoms with Crippen molar-refractivity contribution in [3.63, 3.8) is 0 Å². The Labute approximate surface area is 157 Å². The fraction of sp³-hybridized carbons (Fsp3) is 0.263. The first-order valence-electron chi connectivity index (χ1n) is 8.51. The highest BCUT2D eigenvalue weighted by atomic mass is 16.6. The topological polar surface area (TPSA) is 94.0 Å². The zero-order chi connectivity index (χ0) is 19.4. The number of ether oxygens (including phenoxy) is 1. The molecule has 0 fully saturated rings. The van der Waals surface area contributed by atoms with Crippen LogP contribution in [0.2, 0.25) is 0 Å². The van der Waals surface area contributed by atoms with Crippen LogP contribution in [-0.4, -0.2) is 31.4 Å². The summed E-state index contributed by atoms with van der Waals surface area (Å²) in [5.74, 6) is 1.57. The first-order valence-corrected chi connectivity index (χ1v) is 8.51. The molecular formula is C19H22N6O2. The summed E-state index contributed by atoms with van der Waals surface area (Å²) in [6.45, 7) is 7.21. The molecule has 0 aliphatic heterocycles. The number of hydrogen-bond donors (Lipinski definition) is 2. The minimum Gasteiger partial charge on any atom is -0.442 e. The molecule has 27 heavy (non-hydrogen) atoms. The van der Waals surface area contributed by atoms with Crippen LogP contribution >= 0.6 is 0 Å². The highest BCUT2D eigenvalue weighted by molar-refractivity contribution is 5.72. The standard InChI is InChI=1S/C19H22N6O2/c1-13-10-15(24-25(13)18(26)27-19(2,3)4)22-17-12-20-11-16(23-17)21-14-8-6-5-7-9-14/h5-12H,1-4H3,(H2,21,22,23,24). The van der Waals surface area contributed by atoms with Gasteiger partial charge in [-0.15, -0.1) is 5.10 Å². The summed E-state index contributed by atoms with van der Waals surface area (Å²) >= 11 is 0. The summed E-state index contributed by atoms with van der Waals surface area (Å²) in [4.78, 5) is 20.8. The maximum absolute atomic E-state index is 12.2. The third-order valence-corrected chi connectivity index (χ3v) is 3.39. The molecule has 2 heterocycles. The van der Waals surface area contributed by atoms with Crippen LogP contribution in [0.1, 0.15) is 26.5 Å². The molecule has 0 bridgehead atoms. The highest BCUT2D eigenvalue weighted by Crippen LogP contribution is 2.19. The summed E-state index contributed by atoms with van der Waals surface area (Å²) < 4.78 is 6.56. The molecule has 140 valence electrons. The van der Waals surface area contributed by atoms with Gasteiger partial charge in [0.1, 0.15) is 5.60 Å². The normalized spacial score (nSPS) is 11.1. The molecule has 8 nitrogen and oxygen atoms in total. The number of nitrogens with one attached hydrogen (secondary N) is 2. The Kier molecular flexibility index (Phi) is 5.07. The van der Waals surface area contributed by atoms with E-state index in [9.17, 15) is 4.79 Å². The third kappa shape index (κ3) is 5.04. The molecule has 8 heteroatoms. The predicted octanol–water partition coefficient (Wildman–Crippen LogP) is 4.25. The van der Waals surface area contributed by atoms with Crippen molar-refractivity contribution < 1.29 is 9.53 Å². The van der Waals surface area contributed by atoms with Gasteiger partial charge >= 0.3 is 6.09 Å². The Morgan fingerprint density at radius 3 is 2.37 bits per heavy atom. The van der Waals surface area contributed by atoms with Crippen LogP contribution in [0.25, 0.3) is 0 Å². The van der Waals surface area contributed by atoms with Crippen molar-refractivity contribution in [3.8, 4) is 0 Å². The van der Waals surface area contributed by atoms with E-state index in [1.165, 1.54) is 4.68 Å². The van der Waals surface area contributed by atoms with Gasteiger partial charge in [0.2, 0.25) is 0 Å². The van der Waals surface area contributed by atoms with Gasteiger partial charge < -0.3 is 15.4 Å². The molecule has 0 radical (unpaired) electrons. The lowest BCUT2D eigenvalue weighted by molar-refractivity contribution is 0.0511. The second-order valence-corrected chi connectivity index (χ2v) is 6.97. The Hall–Kier alpha value is -3.42. The summed E-state index contributed by atoms with van der Waals surface area (Å²) in [7, 11) is 0. The second-order valence-electron chi connectivity index (χ2n) is 6.97. The van der Waals surface area contributed by atoms with Crippen molar-refractivity contribution in [2.24, 2.45) is 0 Å². The number of anilines is 4. The minimum absolute atomic E-state index is 0.476. The smallest absolute Gasteiger partial charge is 0.435 e. The van der Waals surface area contributed by atoms with Crippen LogP contribution in [-0.2, 0) is 4.74 Å². The molecule has 0 saturated heterocycles. The number of aryl methyl sites for hydroxylation is 1. The number of nitrogens with zero attached hydrogens (tertiary/aromatic N) is 4. The summed E-state index contributed by atoms with van der Waals surface area (Å²) in [5.41, 5.74) is 0.971. The van der Waals surface area contributed by atoms with Crippen LogP contribution in [0.5, 0.6) is 0 Å². The molecule has 0 unspecified atom stereocenters. The lowest BCUT2D eigenvalue weighted by atomic mass is 10.2. The van der Waals surface area contributed by atoms with E-state index in [1.807, 2.05) is 51.1 Å². The van der Waals surface area contributed by atoms with E-state index in [1.54, 1.807) is 25.4 Å². The molecule has 0 spiro atoms. The van der Waals surface area contributed by atoms with Crippen molar-refractivity contribution in [2.45, 2.75) is 33.3 Å². The van der Waals surface area contributed by atoms with E-state index in [0.29, 0.717) is 23.1 Å². The van der Waals surface area contributed by atoms with Crippen molar-refractivity contribution in [1.82, 2.24) is 19.7 Å². The molecule has 0 saturated carbocycles. The fourth-order valence-corrected chi connectivity index (χ4v) is 2.31. The lowest BCUT2D eigenvalue weighted by Crippen LogP contribution is -2.28. The Bertz CT molecular complexity index is 931. The molecule has 3 aromatic rings. The van der Waals surface area contributed by atoms with Crippen LogP contribution in [0, 0.1) is 6.92 Å². The average molecular weight is 366 g/mol. The molecule has 3 rings (SSSR count). The van der Waals surface area contributed by atoms with Crippen molar-refractivity contribution >= 4 is 29.2 Å². The number of hydrogen-bond acceptors (Lipinski definition) is 7. The number of aromatic nitrogens is 4. The number of para-hydroxylation sites is 1. The number of rotatable bonds is 4. The maximum atomic E-state index is 12.2. The zero-order valence-corrected chi connectivity index (χ0v) is 15.7. The van der Waals surface area contributed by atoms with E-state index in [4.69, 9.17) is 4.74 Å².